The van der Waals surface area contributed by atoms with Crippen LogP contribution in [0.25, 0.3) is 0 Å². The van der Waals surface area contributed by atoms with Gasteiger partial charge < -0.3 is 14.7 Å². The van der Waals surface area contributed by atoms with E-state index in [0.717, 1.165) is 12.8 Å². The summed E-state index contributed by atoms with van der Waals surface area (Å²) in [6.45, 7) is 5.64. The first-order valence-corrected chi connectivity index (χ1v) is 6.06. The van der Waals surface area contributed by atoms with Gasteiger partial charge in [0.1, 0.15) is 5.60 Å². The van der Waals surface area contributed by atoms with Crippen LogP contribution in [0.2, 0.25) is 0 Å². The Morgan fingerprint density at radius 2 is 1.75 bits per heavy atom. The maximum Gasteiger partial charge on any atom is 0.410 e. The van der Waals surface area contributed by atoms with Crippen molar-refractivity contribution in [2.45, 2.75) is 70.2 Å². The minimum atomic E-state index is -0.438. The van der Waals surface area contributed by atoms with E-state index in [2.05, 4.69) is 0 Å². The summed E-state index contributed by atoms with van der Waals surface area (Å²) < 4.78 is 5.40. The molecule has 2 aliphatic heterocycles. The fourth-order valence-corrected chi connectivity index (χ4v) is 2.76. The molecular formula is C12H21NO3. The summed E-state index contributed by atoms with van der Waals surface area (Å²) in [7, 11) is 0. The van der Waals surface area contributed by atoms with Crippen LogP contribution >= 0.6 is 0 Å². The lowest BCUT2D eigenvalue weighted by Gasteiger charge is -2.37. The van der Waals surface area contributed by atoms with Crippen LogP contribution in [0.3, 0.4) is 0 Å². The maximum absolute atomic E-state index is 12.0. The first-order valence-electron chi connectivity index (χ1n) is 6.06. The molecule has 2 bridgehead atoms. The molecule has 1 N–H and O–H groups in total. The number of ether oxygens (including phenoxy) is 1. The predicted octanol–water partition coefficient (Wildman–Crippen LogP) is 1.91. The molecule has 0 aromatic carbocycles. The van der Waals surface area contributed by atoms with E-state index >= 15 is 0 Å². The van der Waals surface area contributed by atoms with Crippen molar-refractivity contribution in [3.05, 3.63) is 0 Å². The molecule has 2 heterocycles. The van der Waals surface area contributed by atoms with Crippen molar-refractivity contribution in [3.63, 3.8) is 0 Å². The van der Waals surface area contributed by atoms with E-state index in [1.807, 2.05) is 25.7 Å². The lowest BCUT2D eigenvalue weighted by molar-refractivity contribution is -0.0110. The molecule has 92 valence electrons. The van der Waals surface area contributed by atoms with E-state index < -0.39 is 5.60 Å². The zero-order chi connectivity index (χ0) is 11.9. The third kappa shape index (κ3) is 2.32. The number of rotatable bonds is 0. The highest BCUT2D eigenvalue weighted by molar-refractivity contribution is 5.69. The number of carbonyl (C=O) groups excluding carboxylic acids is 1. The van der Waals surface area contributed by atoms with Crippen molar-refractivity contribution in [1.82, 2.24) is 4.90 Å². The molecule has 0 aliphatic carbocycles. The summed E-state index contributed by atoms with van der Waals surface area (Å²) in [6.07, 6.45) is 2.95. The average molecular weight is 227 g/mol. The molecule has 16 heavy (non-hydrogen) atoms. The first kappa shape index (κ1) is 11.7. The number of hydrogen-bond donors (Lipinski definition) is 1. The van der Waals surface area contributed by atoms with Crippen molar-refractivity contribution < 1.29 is 14.6 Å². The number of aliphatic hydroxyl groups is 1. The van der Waals surface area contributed by atoms with Gasteiger partial charge >= 0.3 is 6.09 Å². The van der Waals surface area contributed by atoms with Crippen LogP contribution in [0.5, 0.6) is 0 Å². The standard InChI is InChI=1S/C12H21NO3/c1-12(2,3)16-11(15)13-8-4-5-9(13)7-10(14)6-8/h8-10,14H,4-7H2,1-3H3/t8-,9+,10?. The Kier molecular flexibility index (Phi) is 2.86. The van der Waals surface area contributed by atoms with Crippen molar-refractivity contribution in [3.8, 4) is 0 Å². The van der Waals surface area contributed by atoms with Gasteiger partial charge in [-0.2, -0.15) is 0 Å². The molecule has 3 atom stereocenters. The minimum Gasteiger partial charge on any atom is -0.444 e. The Morgan fingerprint density at radius 1 is 1.25 bits per heavy atom. The van der Waals surface area contributed by atoms with E-state index in [4.69, 9.17) is 4.74 Å². The second-order valence-electron chi connectivity index (χ2n) is 5.90. The van der Waals surface area contributed by atoms with Gasteiger partial charge in [0.25, 0.3) is 0 Å². The van der Waals surface area contributed by atoms with Gasteiger partial charge in [-0.25, -0.2) is 4.79 Å². The third-order valence-electron chi connectivity index (χ3n) is 3.31. The van der Waals surface area contributed by atoms with Crippen LogP contribution in [0.1, 0.15) is 46.5 Å². The van der Waals surface area contributed by atoms with E-state index in [9.17, 15) is 9.90 Å². The zero-order valence-corrected chi connectivity index (χ0v) is 10.3. The highest BCUT2D eigenvalue weighted by atomic mass is 16.6. The molecule has 4 heteroatoms. The van der Waals surface area contributed by atoms with Gasteiger partial charge in [-0.05, 0) is 46.5 Å². The van der Waals surface area contributed by atoms with Crippen molar-refractivity contribution in [1.29, 1.82) is 0 Å². The fraction of sp³-hybridized carbons (Fsp3) is 0.917. The largest absolute Gasteiger partial charge is 0.444 e. The second-order valence-corrected chi connectivity index (χ2v) is 5.90. The van der Waals surface area contributed by atoms with Crippen molar-refractivity contribution >= 4 is 6.09 Å². The molecule has 0 aromatic rings. The van der Waals surface area contributed by atoms with Crippen LogP contribution < -0.4 is 0 Å². The SMILES string of the molecule is CC(C)(C)OC(=O)N1[C@@H]2CC[C@H]1CC(O)C2. The summed E-state index contributed by atoms with van der Waals surface area (Å²) in [5, 5.41) is 9.64. The summed E-state index contributed by atoms with van der Waals surface area (Å²) in [5.41, 5.74) is -0.438. The molecule has 2 saturated heterocycles. The van der Waals surface area contributed by atoms with Gasteiger partial charge in [-0.15, -0.1) is 0 Å². The molecule has 2 aliphatic rings. The Morgan fingerprint density at radius 3 is 2.19 bits per heavy atom. The molecule has 2 rings (SSSR count). The smallest absolute Gasteiger partial charge is 0.410 e. The van der Waals surface area contributed by atoms with Crippen LogP contribution in [0.15, 0.2) is 0 Å². The second kappa shape index (κ2) is 3.91. The van der Waals surface area contributed by atoms with E-state index in [0.29, 0.717) is 12.8 Å². The van der Waals surface area contributed by atoms with Gasteiger partial charge in [0, 0.05) is 12.1 Å². The van der Waals surface area contributed by atoms with Crippen LogP contribution in [-0.4, -0.2) is 39.9 Å². The zero-order valence-electron chi connectivity index (χ0n) is 10.3. The van der Waals surface area contributed by atoms with Crippen LogP contribution in [0, 0.1) is 0 Å². The number of piperidine rings is 1. The highest BCUT2D eigenvalue weighted by Crippen LogP contribution is 2.36. The summed E-state index contributed by atoms with van der Waals surface area (Å²) >= 11 is 0. The Bertz CT molecular complexity index is 270. The number of fused-ring (bicyclic) bond motifs is 2. The number of nitrogens with zero attached hydrogens (tertiary/aromatic N) is 1. The fourth-order valence-electron chi connectivity index (χ4n) is 2.76. The quantitative estimate of drug-likeness (QED) is 0.687. The molecule has 4 nitrogen and oxygen atoms in total. The Labute approximate surface area is 96.6 Å². The van der Waals surface area contributed by atoms with E-state index in [1.54, 1.807) is 0 Å². The molecule has 2 fully saturated rings. The molecule has 0 radical (unpaired) electrons. The monoisotopic (exact) mass is 227 g/mol. The molecule has 0 saturated carbocycles. The predicted molar refractivity (Wildman–Crippen MR) is 60.1 cm³/mol. The first-order chi connectivity index (χ1) is 7.37. The van der Waals surface area contributed by atoms with E-state index in [1.165, 1.54) is 0 Å². The van der Waals surface area contributed by atoms with Crippen molar-refractivity contribution in [2.24, 2.45) is 0 Å². The molecule has 0 aromatic heterocycles. The Hall–Kier alpha value is -0.770. The number of hydrogen-bond acceptors (Lipinski definition) is 3. The van der Waals surface area contributed by atoms with E-state index in [-0.39, 0.29) is 24.3 Å². The third-order valence-corrected chi connectivity index (χ3v) is 3.31. The lowest BCUT2D eigenvalue weighted by Crippen LogP contribution is -2.49. The van der Waals surface area contributed by atoms with Gasteiger partial charge in [-0.1, -0.05) is 0 Å². The Balaban J connectivity index is 2.03. The molecule has 0 spiro atoms. The van der Waals surface area contributed by atoms with Crippen LogP contribution in [-0.2, 0) is 4.74 Å². The number of aliphatic hydroxyl groups excluding tert-OH is 1. The number of carbonyl (C=O) groups is 1. The molecule has 1 amide bonds. The topological polar surface area (TPSA) is 49.8 Å². The van der Waals surface area contributed by atoms with Gasteiger partial charge in [-0.3, -0.25) is 0 Å². The molecule has 1 unspecified atom stereocenters. The molecular weight excluding hydrogens is 206 g/mol. The van der Waals surface area contributed by atoms with Gasteiger partial charge in [0.05, 0.1) is 6.10 Å². The van der Waals surface area contributed by atoms with Crippen molar-refractivity contribution in [2.75, 3.05) is 0 Å². The van der Waals surface area contributed by atoms with Gasteiger partial charge in [0.2, 0.25) is 0 Å². The normalized spacial score (nSPS) is 34.0. The summed E-state index contributed by atoms with van der Waals surface area (Å²) in [4.78, 5) is 13.8. The minimum absolute atomic E-state index is 0.184. The highest BCUT2D eigenvalue weighted by Gasteiger charge is 2.44. The summed E-state index contributed by atoms with van der Waals surface area (Å²) in [6, 6.07) is 0.368. The number of amides is 1. The maximum atomic E-state index is 12.0. The van der Waals surface area contributed by atoms with Gasteiger partial charge in [0.15, 0.2) is 0 Å². The summed E-state index contributed by atoms with van der Waals surface area (Å²) in [5.74, 6) is 0. The van der Waals surface area contributed by atoms with Crippen LogP contribution in [0.4, 0.5) is 4.79 Å². The average Bonchev–Trinajstić information content (AvgIpc) is 2.36. The lowest BCUT2D eigenvalue weighted by atomic mass is 10.0.